The largest absolute Gasteiger partial charge is 0.311 e. The van der Waals surface area contributed by atoms with Crippen LogP contribution in [0.25, 0.3) is 10.9 Å². The number of aromatic nitrogens is 2. The second-order valence-electron chi connectivity index (χ2n) is 4.12. The fourth-order valence-electron chi connectivity index (χ4n) is 1.98. The fraction of sp³-hybridized carbons (Fsp3) is 0.357. The third kappa shape index (κ3) is 2.74. The maximum atomic E-state index is 4.54. The molecule has 3 nitrogen and oxygen atoms in total. The van der Waals surface area contributed by atoms with Crippen molar-refractivity contribution in [1.82, 2.24) is 15.1 Å². The lowest BCUT2D eigenvalue weighted by Gasteiger charge is -2.00. The highest BCUT2D eigenvalue weighted by Gasteiger charge is 2.06. The average Bonchev–Trinajstić information content (AvgIpc) is 2.67. The summed E-state index contributed by atoms with van der Waals surface area (Å²) in [7, 11) is 1.99. The van der Waals surface area contributed by atoms with Crippen LogP contribution < -0.4 is 5.32 Å². The standard InChI is InChI=1S/C14H19N3/c1-3-4-7-10-15-11-13-12-8-5-6-9-14(12)17(2)16-13/h3-6,8-9,15H,7,10-11H2,1-2H3/b4-3+. The molecule has 0 radical (unpaired) electrons. The summed E-state index contributed by atoms with van der Waals surface area (Å²) in [6, 6.07) is 8.34. The molecule has 1 heterocycles. The SMILES string of the molecule is C/C=C/CCNCc1nn(C)c2ccccc12. The Balaban J connectivity index is 2.03. The first kappa shape index (κ1) is 11.9. The van der Waals surface area contributed by atoms with Crippen molar-refractivity contribution in [3.63, 3.8) is 0 Å². The Morgan fingerprint density at radius 3 is 3.00 bits per heavy atom. The summed E-state index contributed by atoms with van der Waals surface area (Å²) in [4.78, 5) is 0. The van der Waals surface area contributed by atoms with E-state index in [0.717, 1.165) is 25.2 Å². The van der Waals surface area contributed by atoms with Gasteiger partial charge in [0.15, 0.2) is 0 Å². The summed E-state index contributed by atoms with van der Waals surface area (Å²) in [6.45, 7) is 3.88. The van der Waals surface area contributed by atoms with Gasteiger partial charge in [-0.15, -0.1) is 0 Å². The molecular weight excluding hydrogens is 210 g/mol. The van der Waals surface area contributed by atoms with Crippen LogP contribution in [0, 0.1) is 0 Å². The number of nitrogens with one attached hydrogen (secondary N) is 1. The highest BCUT2D eigenvalue weighted by molar-refractivity contribution is 5.81. The normalized spacial score (nSPS) is 11.6. The van der Waals surface area contributed by atoms with Crippen LogP contribution in [0.3, 0.4) is 0 Å². The number of aryl methyl sites for hydroxylation is 1. The Bertz CT molecular complexity index is 511. The van der Waals surface area contributed by atoms with Gasteiger partial charge in [0, 0.05) is 19.0 Å². The third-order valence-electron chi connectivity index (χ3n) is 2.85. The van der Waals surface area contributed by atoms with Crippen LogP contribution in [-0.2, 0) is 13.6 Å². The molecule has 0 saturated heterocycles. The minimum Gasteiger partial charge on any atom is -0.311 e. The molecule has 0 amide bonds. The Morgan fingerprint density at radius 1 is 1.35 bits per heavy atom. The minimum atomic E-state index is 0.832. The molecule has 1 aromatic heterocycles. The van der Waals surface area contributed by atoms with Gasteiger partial charge < -0.3 is 5.32 Å². The van der Waals surface area contributed by atoms with Gasteiger partial charge in [0.05, 0.1) is 11.2 Å². The van der Waals surface area contributed by atoms with E-state index in [1.165, 1.54) is 10.9 Å². The van der Waals surface area contributed by atoms with Crippen LogP contribution >= 0.6 is 0 Å². The lowest BCUT2D eigenvalue weighted by molar-refractivity contribution is 0.664. The molecule has 1 N–H and O–H groups in total. The first-order chi connectivity index (χ1) is 8.33. The number of hydrogen-bond acceptors (Lipinski definition) is 2. The van der Waals surface area contributed by atoms with Gasteiger partial charge in [0.1, 0.15) is 0 Å². The van der Waals surface area contributed by atoms with E-state index in [2.05, 4.69) is 40.8 Å². The molecular formula is C14H19N3. The van der Waals surface area contributed by atoms with Crippen molar-refractivity contribution >= 4 is 10.9 Å². The predicted molar refractivity (Wildman–Crippen MR) is 71.9 cm³/mol. The summed E-state index contributed by atoms with van der Waals surface area (Å²) >= 11 is 0. The van der Waals surface area contributed by atoms with Gasteiger partial charge in [-0.25, -0.2) is 0 Å². The lowest BCUT2D eigenvalue weighted by Crippen LogP contribution is -2.14. The number of fused-ring (bicyclic) bond motifs is 1. The van der Waals surface area contributed by atoms with Crippen LogP contribution in [0.5, 0.6) is 0 Å². The molecule has 2 aromatic rings. The van der Waals surface area contributed by atoms with Crippen LogP contribution in [0.2, 0.25) is 0 Å². The van der Waals surface area contributed by atoms with E-state index in [4.69, 9.17) is 0 Å². The zero-order chi connectivity index (χ0) is 12.1. The molecule has 2 rings (SSSR count). The molecule has 0 aliphatic heterocycles. The number of rotatable bonds is 5. The van der Waals surface area contributed by atoms with E-state index in [1.54, 1.807) is 0 Å². The Kier molecular flexibility index (Phi) is 3.94. The smallest absolute Gasteiger partial charge is 0.0841 e. The fourth-order valence-corrected chi connectivity index (χ4v) is 1.98. The van der Waals surface area contributed by atoms with Crippen LogP contribution in [0.1, 0.15) is 19.0 Å². The number of allylic oxidation sites excluding steroid dienone is 1. The quantitative estimate of drug-likeness (QED) is 0.631. The summed E-state index contributed by atoms with van der Waals surface area (Å²) in [5, 5.41) is 9.20. The Hall–Kier alpha value is -1.61. The van der Waals surface area contributed by atoms with Gasteiger partial charge in [0.2, 0.25) is 0 Å². The van der Waals surface area contributed by atoms with E-state index < -0.39 is 0 Å². The molecule has 17 heavy (non-hydrogen) atoms. The lowest BCUT2D eigenvalue weighted by atomic mass is 10.2. The topological polar surface area (TPSA) is 29.9 Å². The van der Waals surface area contributed by atoms with E-state index in [-0.39, 0.29) is 0 Å². The number of para-hydroxylation sites is 1. The third-order valence-corrected chi connectivity index (χ3v) is 2.85. The molecule has 1 aromatic carbocycles. The highest BCUT2D eigenvalue weighted by Crippen LogP contribution is 2.16. The second-order valence-corrected chi connectivity index (χ2v) is 4.12. The van der Waals surface area contributed by atoms with Crippen molar-refractivity contribution in [3.05, 3.63) is 42.1 Å². The first-order valence-electron chi connectivity index (χ1n) is 6.05. The monoisotopic (exact) mass is 229 g/mol. The first-order valence-corrected chi connectivity index (χ1v) is 6.05. The van der Waals surface area contributed by atoms with Crippen LogP contribution in [0.15, 0.2) is 36.4 Å². The molecule has 0 aliphatic carbocycles. The average molecular weight is 229 g/mol. The van der Waals surface area contributed by atoms with Gasteiger partial charge in [-0.05, 0) is 26.0 Å². The molecule has 0 saturated carbocycles. The molecule has 0 bridgehead atoms. The molecule has 0 aliphatic rings. The minimum absolute atomic E-state index is 0.832. The molecule has 0 unspecified atom stereocenters. The summed E-state index contributed by atoms with van der Waals surface area (Å²) in [5.41, 5.74) is 2.32. The Morgan fingerprint density at radius 2 is 2.18 bits per heavy atom. The molecule has 3 heteroatoms. The van der Waals surface area contributed by atoms with Gasteiger partial charge in [-0.3, -0.25) is 4.68 Å². The molecule has 0 spiro atoms. The number of nitrogens with zero attached hydrogens (tertiary/aromatic N) is 2. The van der Waals surface area contributed by atoms with E-state index in [9.17, 15) is 0 Å². The molecule has 90 valence electrons. The van der Waals surface area contributed by atoms with Crippen LogP contribution in [0.4, 0.5) is 0 Å². The number of hydrogen-bond donors (Lipinski definition) is 1. The maximum absolute atomic E-state index is 4.54. The summed E-state index contributed by atoms with van der Waals surface area (Å²) in [6.07, 6.45) is 5.32. The molecule has 0 atom stereocenters. The zero-order valence-corrected chi connectivity index (χ0v) is 10.5. The number of benzene rings is 1. The van der Waals surface area contributed by atoms with Crippen molar-refractivity contribution < 1.29 is 0 Å². The molecule has 0 fully saturated rings. The van der Waals surface area contributed by atoms with Crippen molar-refractivity contribution in [2.75, 3.05) is 6.54 Å². The van der Waals surface area contributed by atoms with E-state index in [0.29, 0.717) is 0 Å². The van der Waals surface area contributed by atoms with Crippen molar-refractivity contribution in [2.24, 2.45) is 7.05 Å². The van der Waals surface area contributed by atoms with Crippen molar-refractivity contribution in [2.45, 2.75) is 19.9 Å². The second kappa shape index (κ2) is 5.64. The summed E-state index contributed by atoms with van der Waals surface area (Å²) in [5.74, 6) is 0. The van der Waals surface area contributed by atoms with Crippen LogP contribution in [-0.4, -0.2) is 16.3 Å². The van der Waals surface area contributed by atoms with Crippen molar-refractivity contribution in [1.29, 1.82) is 0 Å². The predicted octanol–water partition coefficient (Wildman–Crippen LogP) is 2.63. The van der Waals surface area contributed by atoms with Gasteiger partial charge in [-0.1, -0.05) is 30.4 Å². The van der Waals surface area contributed by atoms with Gasteiger partial charge >= 0.3 is 0 Å². The van der Waals surface area contributed by atoms with E-state index >= 15 is 0 Å². The zero-order valence-electron chi connectivity index (χ0n) is 10.5. The summed E-state index contributed by atoms with van der Waals surface area (Å²) < 4.78 is 1.94. The highest BCUT2D eigenvalue weighted by atomic mass is 15.3. The van der Waals surface area contributed by atoms with Gasteiger partial charge in [-0.2, -0.15) is 5.10 Å². The van der Waals surface area contributed by atoms with E-state index in [1.807, 2.05) is 24.7 Å². The Labute approximate surface area is 102 Å². The van der Waals surface area contributed by atoms with Crippen molar-refractivity contribution in [3.8, 4) is 0 Å². The van der Waals surface area contributed by atoms with Gasteiger partial charge in [0.25, 0.3) is 0 Å². The maximum Gasteiger partial charge on any atom is 0.0841 e.